The number of alkyl halides is 3. The molecular weight excluding hydrogens is 535 g/mol. The molecule has 3 aromatic carbocycles. The van der Waals surface area contributed by atoms with Gasteiger partial charge in [-0.15, -0.1) is 0 Å². The topological polar surface area (TPSA) is 97.3 Å². The Balaban J connectivity index is 1.92. The summed E-state index contributed by atoms with van der Waals surface area (Å²) < 4.78 is 77.9. The van der Waals surface area contributed by atoms with Gasteiger partial charge >= 0.3 is 6.18 Å². The van der Waals surface area contributed by atoms with E-state index >= 15 is 0 Å². The molecule has 0 atom stereocenters. The van der Waals surface area contributed by atoms with Crippen LogP contribution in [0.2, 0.25) is 5.02 Å². The summed E-state index contributed by atoms with van der Waals surface area (Å²) in [6, 6.07) is 14.4. The number of hydrogen-bond acceptors (Lipinski definition) is 6. The Hall–Kier alpha value is -3.77. The summed E-state index contributed by atoms with van der Waals surface area (Å²) in [5.74, 6) is 0.0132. The van der Waals surface area contributed by atoms with Crippen molar-refractivity contribution < 1.29 is 35.9 Å². The van der Waals surface area contributed by atoms with Crippen molar-refractivity contribution in [1.29, 1.82) is 0 Å². The molecule has 13 heteroatoms. The van der Waals surface area contributed by atoms with Gasteiger partial charge in [-0.05, 0) is 42.5 Å². The molecule has 0 heterocycles. The minimum Gasteiger partial charge on any atom is -0.497 e. The first-order chi connectivity index (χ1) is 17.5. The Morgan fingerprint density at radius 1 is 1.05 bits per heavy atom. The molecule has 0 aliphatic rings. The van der Waals surface area contributed by atoms with Gasteiger partial charge in [0.05, 0.1) is 41.6 Å². The number of anilines is 1. The van der Waals surface area contributed by atoms with Gasteiger partial charge in [-0.1, -0.05) is 29.8 Å². The van der Waals surface area contributed by atoms with Gasteiger partial charge in [0.1, 0.15) is 18.0 Å². The number of hydrogen-bond donors (Lipinski definition) is 1. The van der Waals surface area contributed by atoms with E-state index in [0.717, 1.165) is 12.1 Å². The van der Waals surface area contributed by atoms with E-state index in [2.05, 4.69) is 10.5 Å². The van der Waals surface area contributed by atoms with Crippen molar-refractivity contribution in [3.63, 3.8) is 0 Å². The highest BCUT2D eigenvalue weighted by atomic mass is 35.5. The highest BCUT2D eigenvalue weighted by molar-refractivity contribution is 7.92. The number of carbonyl (C=O) groups excluding carboxylic acids is 1. The van der Waals surface area contributed by atoms with Gasteiger partial charge in [0.2, 0.25) is 0 Å². The quantitative estimate of drug-likeness (QED) is 0.304. The number of rotatable bonds is 9. The number of amides is 1. The van der Waals surface area contributed by atoms with Crippen molar-refractivity contribution in [2.45, 2.75) is 11.1 Å². The summed E-state index contributed by atoms with van der Waals surface area (Å²) in [6.45, 7) is -0.868. The number of methoxy groups -OCH3 is 2. The van der Waals surface area contributed by atoms with Gasteiger partial charge in [-0.25, -0.2) is 13.8 Å². The first kappa shape index (κ1) is 27.8. The molecule has 0 spiro atoms. The number of benzene rings is 3. The monoisotopic (exact) mass is 555 g/mol. The number of nitrogens with one attached hydrogen (secondary N) is 1. The van der Waals surface area contributed by atoms with Crippen LogP contribution in [0.15, 0.2) is 76.7 Å². The van der Waals surface area contributed by atoms with Crippen molar-refractivity contribution in [2.75, 3.05) is 25.1 Å². The molecule has 0 saturated carbocycles. The molecular formula is C24H21ClF3N3O5S. The third kappa shape index (κ3) is 6.71. The van der Waals surface area contributed by atoms with Crippen LogP contribution in [0.4, 0.5) is 18.9 Å². The Bertz CT molecular complexity index is 1400. The Morgan fingerprint density at radius 3 is 2.38 bits per heavy atom. The summed E-state index contributed by atoms with van der Waals surface area (Å²) in [5.41, 5.74) is 1.01. The lowest BCUT2D eigenvalue weighted by atomic mass is 10.2. The number of ether oxygens (including phenoxy) is 2. The highest BCUT2D eigenvalue weighted by Crippen LogP contribution is 2.38. The molecule has 0 aromatic heterocycles. The largest absolute Gasteiger partial charge is 0.497 e. The number of hydrazone groups is 1. The molecule has 0 aliphatic heterocycles. The molecule has 0 unspecified atom stereocenters. The number of nitrogens with zero attached hydrogens (tertiary/aromatic N) is 2. The average molecular weight is 556 g/mol. The number of sulfonamides is 1. The van der Waals surface area contributed by atoms with Crippen LogP contribution < -0.4 is 19.2 Å². The summed E-state index contributed by atoms with van der Waals surface area (Å²) in [4.78, 5) is 12.4. The summed E-state index contributed by atoms with van der Waals surface area (Å²) in [5, 5.41) is 3.20. The first-order valence-electron chi connectivity index (χ1n) is 10.5. The maximum atomic E-state index is 13.4. The second-order valence-electron chi connectivity index (χ2n) is 7.39. The third-order valence-electron chi connectivity index (χ3n) is 5.00. The third-order valence-corrected chi connectivity index (χ3v) is 7.11. The van der Waals surface area contributed by atoms with Crippen molar-refractivity contribution >= 4 is 39.4 Å². The van der Waals surface area contributed by atoms with Gasteiger partial charge in [0.25, 0.3) is 15.9 Å². The zero-order chi connectivity index (χ0) is 27.2. The van der Waals surface area contributed by atoms with Crippen molar-refractivity contribution in [2.24, 2.45) is 5.10 Å². The molecule has 0 fully saturated rings. The molecule has 3 rings (SSSR count). The normalized spacial score (nSPS) is 11.8. The molecule has 0 bridgehead atoms. The molecule has 1 amide bonds. The van der Waals surface area contributed by atoms with Gasteiger partial charge in [-0.3, -0.25) is 9.10 Å². The minimum atomic E-state index is -4.85. The van der Waals surface area contributed by atoms with Crippen LogP contribution in [-0.2, 0) is 21.0 Å². The summed E-state index contributed by atoms with van der Waals surface area (Å²) >= 11 is 5.69. The summed E-state index contributed by atoms with van der Waals surface area (Å²) in [6.07, 6.45) is -3.59. The van der Waals surface area contributed by atoms with Gasteiger partial charge < -0.3 is 9.47 Å². The predicted molar refractivity (Wildman–Crippen MR) is 133 cm³/mol. The Labute approximate surface area is 216 Å². The van der Waals surface area contributed by atoms with Crippen LogP contribution in [0.25, 0.3) is 0 Å². The molecule has 8 nitrogen and oxygen atoms in total. The fourth-order valence-electron chi connectivity index (χ4n) is 3.19. The van der Waals surface area contributed by atoms with Crippen LogP contribution in [0.1, 0.15) is 11.1 Å². The van der Waals surface area contributed by atoms with Crippen molar-refractivity contribution in [1.82, 2.24) is 5.43 Å². The molecule has 196 valence electrons. The lowest BCUT2D eigenvalue weighted by Crippen LogP contribution is -2.39. The second-order valence-corrected chi connectivity index (χ2v) is 9.66. The maximum absolute atomic E-state index is 13.4. The Kier molecular flexibility index (Phi) is 8.66. The standard InChI is InChI=1S/C24H21ClF3N3O5S/c1-35-18-10-8-16(22(13-18)36-2)14-29-30-23(32)15-31(37(33,34)19-6-4-3-5-7-19)17-9-11-21(25)20(12-17)24(26,27)28/h3-14H,15H2,1-2H3,(H,30,32)/b29-14-. The van der Waals surface area contributed by atoms with E-state index in [4.69, 9.17) is 21.1 Å². The summed E-state index contributed by atoms with van der Waals surface area (Å²) in [7, 11) is -1.53. The molecule has 0 saturated heterocycles. The van der Waals surface area contributed by atoms with E-state index in [0.29, 0.717) is 27.4 Å². The SMILES string of the molecule is COc1ccc(/C=N\NC(=O)CN(c2ccc(Cl)c(C(F)(F)F)c2)S(=O)(=O)c2ccccc2)c(OC)c1. The first-order valence-corrected chi connectivity index (χ1v) is 12.3. The fourth-order valence-corrected chi connectivity index (χ4v) is 4.84. The number of halogens is 4. The van der Waals surface area contributed by atoms with Crippen LogP contribution >= 0.6 is 11.6 Å². The van der Waals surface area contributed by atoms with Crippen LogP contribution in [0.3, 0.4) is 0 Å². The highest BCUT2D eigenvalue weighted by Gasteiger charge is 2.35. The van der Waals surface area contributed by atoms with Crippen LogP contribution in [0.5, 0.6) is 11.5 Å². The van der Waals surface area contributed by atoms with Crippen molar-refractivity contribution in [3.05, 3.63) is 82.9 Å². The molecule has 0 aliphatic carbocycles. The van der Waals surface area contributed by atoms with E-state index in [1.165, 1.54) is 44.7 Å². The lowest BCUT2D eigenvalue weighted by Gasteiger charge is -2.24. The van der Waals surface area contributed by atoms with E-state index in [-0.39, 0.29) is 4.90 Å². The van der Waals surface area contributed by atoms with E-state index in [1.54, 1.807) is 24.3 Å². The molecule has 37 heavy (non-hydrogen) atoms. The van der Waals surface area contributed by atoms with Crippen LogP contribution in [-0.4, -0.2) is 41.3 Å². The predicted octanol–water partition coefficient (Wildman–Crippen LogP) is 4.72. The van der Waals surface area contributed by atoms with Gasteiger partial charge in [-0.2, -0.15) is 18.3 Å². The smallest absolute Gasteiger partial charge is 0.417 e. The van der Waals surface area contributed by atoms with Gasteiger partial charge in [0.15, 0.2) is 0 Å². The maximum Gasteiger partial charge on any atom is 0.417 e. The fraction of sp³-hybridized carbons (Fsp3) is 0.167. The van der Waals surface area contributed by atoms with Crippen molar-refractivity contribution in [3.8, 4) is 11.5 Å². The van der Waals surface area contributed by atoms with E-state index in [1.807, 2.05) is 0 Å². The second kappa shape index (κ2) is 11.5. The minimum absolute atomic E-state index is 0.224. The molecule has 3 aromatic rings. The van der Waals surface area contributed by atoms with E-state index < -0.39 is 44.9 Å². The van der Waals surface area contributed by atoms with E-state index in [9.17, 15) is 26.4 Å². The average Bonchev–Trinajstić information content (AvgIpc) is 2.87. The zero-order valence-electron chi connectivity index (χ0n) is 19.5. The Morgan fingerprint density at radius 2 is 1.76 bits per heavy atom. The van der Waals surface area contributed by atoms with Crippen LogP contribution in [0, 0.1) is 0 Å². The lowest BCUT2D eigenvalue weighted by molar-refractivity contribution is -0.137. The molecule has 0 radical (unpaired) electrons. The zero-order valence-corrected chi connectivity index (χ0v) is 21.1. The molecule has 1 N–H and O–H groups in total. The number of carbonyl (C=O) groups is 1. The van der Waals surface area contributed by atoms with Gasteiger partial charge in [0, 0.05) is 11.6 Å².